The van der Waals surface area contributed by atoms with Crippen molar-refractivity contribution in [3.05, 3.63) is 48.3 Å². The van der Waals surface area contributed by atoms with E-state index in [1.807, 2.05) is 0 Å². The summed E-state index contributed by atoms with van der Waals surface area (Å²) in [5, 5.41) is 5.78. The Morgan fingerprint density at radius 1 is 0.894 bits per heavy atom. The van der Waals surface area contributed by atoms with E-state index in [0.29, 0.717) is 48.8 Å². The Kier molecular flexibility index (Phi) is 9.50. The third kappa shape index (κ3) is 7.70. The van der Waals surface area contributed by atoms with Gasteiger partial charge in [0.05, 0.1) is 36.2 Å². The summed E-state index contributed by atoms with van der Waals surface area (Å²) in [5.41, 5.74) is -0.114. The zero-order valence-corrected chi connectivity index (χ0v) is 26.5. The Labute approximate surface area is 267 Å². The highest BCUT2D eigenvalue weighted by molar-refractivity contribution is 7.90. The highest BCUT2D eigenvalue weighted by Crippen LogP contribution is 2.40. The number of nitrogens with zero attached hydrogens (tertiary/aromatic N) is 7. The molecule has 0 unspecified atom stereocenters. The number of hydrogen-bond donors (Lipinski definition) is 2. The predicted octanol–water partition coefficient (Wildman–Crippen LogP) is 4.32. The Balaban J connectivity index is 1.41. The summed E-state index contributed by atoms with van der Waals surface area (Å²) < 4.78 is 76.2. The number of halogens is 3. The Hall–Kier alpha value is -5.00. The van der Waals surface area contributed by atoms with Crippen molar-refractivity contribution in [2.75, 3.05) is 31.1 Å². The van der Waals surface area contributed by atoms with Gasteiger partial charge in [0.25, 0.3) is 5.88 Å². The topological polar surface area (TPSA) is 184 Å². The van der Waals surface area contributed by atoms with Gasteiger partial charge in [-0.1, -0.05) is 0 Å². The smallest absolute Gasteiger partial charge is 0.419 e. The van der Waals surface area contributed by atoms with Crippen LogP contribution in [0.25, 0.3) is 22.5 Å². The SMILES string of the molecule is COc1ncc(-c2nc(OC)c(NC(C)=O)nc2C2CCC(Nc3ncc(C(F)(F)F)c(-c4cncc(S(C)(=O)=O)c4)n3)CC2)cn1. The Bertz CT molecular complexity index is 1890. The molecule has 18 heteroatoms. The summed E-state index contributed by atoms with van der Waals surface area (Å²) in [4.78, 5) is 41.2. The molecular weight excluding hydrogens is 643 g/mol. The molecule has 4 aromatic rings. The quantitative estimate of drug-likeness (QED) is 0.256. The van der Waals surface area contributed by atoms with Gasteiger partial charge in [0, 0.05) is 67.3 Å². The third-order valence-corrected chi connectivity index (χ3v) is 8.50. The maximum absolute atomic E-state index is 13.9. The van der Waals surface area contributed by atoms with Gasteiger partial charge in [-0.05, 0) is 31.7 Å². The first-order valence-corrected chi connectivity index (χ1v) is 16.1. The van der Waals surface area contributed by atoms with Gasteiger partial charge in [0.2, 0.25) is 11.9 Å². The van der Waals surface area contributed by atoms with E-state index in [1.54, 1.807) is 12.4 Å². The number of aromatic nitrogens is 7. The molecule has 4 aromatic heterocycles. The lowest BCUT2D eigenvalue weighted by Gasteiger charge is -2.30. The van der Waals surface area contributed by atoms with E-state index in [0.717, 1.165) is 24.7 Å². The molecule has 47 heavy (non-hydrogen) atoms. The van der Waals surface area contributed by atoms with Crippen LogP contribution in [0, 0.1) is 0 Å². The summed E-state index contributed by atoms with van der Waals surface area (Å²) >= 11 is 0. The molecular formula is C29H30F3N9O5S. The van der Waals surface area contributed by atoms with Crippen LogP contribution in [0.5, 0.6) is 11.9 Å². The van der Waals surface area contributed by atoms with E-state index < -0.39 is 27.3 Å². The maximum Gasteiger partial charge on any atom is 0.419 e. The highest BCUT2D eigenvalue weighted by atomic mass is 32.2. The van der Waals surface area contributed by atoms with E-state index >= 15 is 0 Å². The van der Waals surface area contributed by atoms with Crippen LogP contribution in [-0.4, -0.2) is 75.7 Å². The third-order valence-electron chi connectivity index (χ3n) is 7.42. The van der Waals surface area contributed by atoms with Gasteiger partial charge in [0.1, 0.15) is 5.56 Å². The lowest BCUT2D eigenvalue weighted by molar-refractivity contribution is -0.137. The number of alkyl halides is 3. The van der Waals surface area contributed by atoms with Gasteiger partial charge in [-0.15, -0.1) is 0 Å². The second-order valence-corrected chi connectivity index (χ2v) is 12.8. The predicted molar refractivity (Wildman–Crippen MR) is 162 cm³/mol. The molecule has 1 fully saturated rings. The van der Waals surface area contributed by atoms with Crippen LogP contribution >= 0.6 is 0 Å². The average Bonchev–Trinajstić information content (AvgIpc) is 3.04. The van der Waals surface area contributed by atoms with E-state index in [-0.39, 0.29) is 52.0 Å². The van der Waals surface area contributed by atoms with Gasteiger partial charge >= 0.3 is 12.2 Å². The van der Waals surface area contributed by atoms with Gasteiger partial charge in [-0.2, -0.15) is 13.2 Å². The number of nitrogens with one attached hydrogen (secondary N) is 2. The van der Waals surface area contributed by atoms with Crippen LogP contribution in [0.2, 0.25) is 0 Å². The molecule has 0 atom stereocenters. The second-order valence-electron chi connectivity index (χ2n) is 10.8. The van der Waals surface area contributed by atoms with Gasteiger partial charge in [-0.25, -0.2) is 38.3 Å². The summed E-state index contributed by atoms with van der Waals surface area (Å²) in [7, 11) is -0.875. The van der Waals surface area contributed by atoms with E-state index in [4.69, 9.17) is 14.5 Å². The van der Waals surface area contributed by atoms with Gasteiger partial charge in [0.15, 0.2) is 15.7 Å². The largest absolute Gasteiger partial charge is 0.478 e. The normalized spacial score (nSPS) is 16.7. The van der Waals surface area contributed by atoms with Crippen LogP contribution in [0.4, 0.5) is 24.9 Å². The number of pyridine rings is 1. The number of ether oxygens (including phenoxy) is 2. The number of anilines is 2. The number of rotatable bonds is 9. The first kappa shape index (κ1) is 33.4. The lowest BCUT2D eigenvalue weighted by atomic mass is 9.82. The molecule has 4 heterocycles. The molecule has 248 valence electrons. The van der Waals surface area contributed by atoms with Crippen molar-refractivity contribution >= 4 is 27.5 Å². The molecule has 0 bridgehead atoms. The molecule has 5 rings (SSSR count). The summed E-state index contributed by atoms with van der Waals surface area (Å²) in [6.07, 6.45) is 4.41. The molecule has 0 saturated heterocycles. The second kappa shape index (κ2) is 13.4. The molecule has 2 N–H and O–H groups in total. The summed E-state index contributed by atoms with van der Waals surface area (Å²) in [6, 6.07) is 1.07. The Morgan fingerprint density at radius 3 is 2.19 bits per heavy atom. The number of amides is 1. The lowest BCUT2D eigenvalue weighted by Crippen LogP contribution is -2.27. The van der Waals surface area contributed by atoms with Gasteiger partial charge < -0.3 is 20.1 Å². The first-order valence-electron chi connectivity index (χ1n) is 14.2. The number of methoxy groups -OCH3 is 2. The average molecular weight is 674 g/mol. The molecule has 1 amide bonds. The van der Waals surface area contributed by atoms with Crippen molar-refractivity contribution in [1.82, 2.24) is 34.9 Å². The van der Waals surface area contributed by atoms with Crippen molar-refractivity contribution < 1.29 is 35.9 Å². The van der Waals surface area contributed by atoms with Crippen molar-refractivity contribution in [1.29, 1.82) is 0 Å². The maximum atomic E-state index is 13.9. The standard InChI is InChI=1S/C29H30F3N9O5S/c1-15(42)37-25-26(45-2)40-24(18-11-35-28(46-3)36-12-18)23(39-25)16-5-7-19(8-6-16)38-27-34-14-21(29(30,31)32)22(41-27)17-9-20(13-33-10-17)47(4,43)44/h9-14,16,19H,5-8H2,1-4H3,(H,34,38,41)(H,37,39,42). The van der Waals surface area contributed by atoms with Crippen LogP contribution in [0.15, 0.2) is 41.9 Å². The molecule has 0 aliphatic heterocycles. The van der Waals surface area contributed by atoms with Crippen LogP contribution in [0.1, 0.15) is 49.8 Å². The molecule has 14 nitrogen and oxygen atoms in total. The monoisotopic (exact) mass is 673 g/mol. The van der Waals surface area contributed by atoms with Crippen LogP contribution < -0.4 is 20.1 Å². The number of carbonyl (C=O) groups excluding carboxylic acids is 1. The molecule has 0 radical (unpaired) electrons. The highest BCUT2D eigenvalue weighted by Gasteiger charge is 2.36. The van der Waals surface area contributed by atoms with Crippen molar-refractivity contribution in [3.8, 4) is 34.4 Å². The fourth-order valence-electron chi connectivity index (χ4n) is 5.19. The van der Waals surface area contributed by atoms with Crippen LogP contribution in [-0.2, 0) is 20.8 Å². The molecule has 0 aromatic carbocycles. The number of carbonyl (C=O) groups is 1. The van der Waals surface area contributed by atoms with Crippen LogP contribution in [0.3, 0.4) is 0 Å². The minimum absolute atomic E-state index is 0.0468. The van der Waals surface area contributed by atoms with Crippen molar-refractivity contribution in [3.63, 3.8) is 0 Å². The molecule has 1 aliphatic rings. The minimum atomic E-state index is -4.80. The van der Waals surface area contributed by atoms with Crippen molar-refractivity contribution in [2.24, 2.45) is 0 Å². The minimum Gasteiger partial charge on any atom is -0.478 e. The van der Waals surface area contributed by atoms with E-state index in [2.05, 4.69) is 40.5 Å². The zero-order chi connectivity index (χ0) is 33.9. The van der Waals surface area contributed by atoms with Gasteiger partial charge in [-0.3, -0.25) is 9.78 Å². The fraction of sp³-hybridized carbons (Fsp3) is 0.379. The number of sulfone groups is 1. The summed E-state index contributed by atoms with van der Waals surface area (Å²) in [6.45, 7) is 1.34. The zero-order valence-electron chi connectivity index (χ0n) is 25.7. The van der Waals surface area contributed by atoms with E-state index in [1.165, 1.54) is 21.1 Å². The first-order chi connectivity index (χ1) is 22.3. The number of hydrogen-bond acceptors (Lipinski definition) is 13. The molecule has 1 aliphatic carbocycles. The van der Waals surface area contributed by atoms with E-state index in [9.17, 15) is 26.4 Å². The molecule has 0 spiro atoms. The Morgan fingerprint density at radius 2 is 1.60 bits per heavy atom. The van der Waals surface area contributed by atoms with Crippen molar-refractivity contribution in [2.45, 2.75) is 55.6 Å². The fourth-order valence-corrected chi connectivity index (χ4v) is 5.78. The molecule has 1 saturated carbocycles. The summed E-state index contributed by atoms with van der Waals surface area (Å²) in [5.74, 6) is -0.252.